The van der Waals surface area contributed by atoms with Crippen molar-refractivity contribution in [3.63, 3.8) is 0 Å². The minimum Gasteiger partial charge on any atom is -0.393 e. The molecule has 1 saturated carbocycles. The van der Waals surface area contributed by atoms with Crippen LogP contribution < -0.4 is 5.32 Å². The van der Waals surface area contributed by atoms with E-state index in [1.165, 1.54) is 0 Å². The standard InChI is InChI=1S/C14H18ClNO2/c1-9-6-11(15)3-5-13(9)14(18)16-8-10-2-4-12(17)7-10/h3,5-6,10,12,17H,2,4,7-8H2,1H3,(H,16,18). The van der Waals surface area contributed by atoms with Crippen LogP contribution in [0, 0.1) is 12.8 Å². The van der Waals surface area contributed by atoms with Crippen LogP contribution in [0.5, 0.6) is 0 Å². The molecule has 3 nitrogen and oxygen atoms in total. The molecule has 0 saturated heterocycles. The minimum atomic E-state index is -0.191. The Labute approximate surface area is 112 Å². The van der Waals surface area contributed by atoms with Crippen molar-refractivity contribution in [1.82, 2.24) is 5.32 Å². The molecule has 0 aromatic heterocycles. The molecule has 0 aliphatic heterocycles. The molecule has 1 aliphatic carbocycles. The van der Waals surface area contributed by atoms with Crippen LogP contribution in [-0.2, 0) is 0 Å². The van der Waals surface area contributed by atoms with E-state index >= 15 is 0 Å². The molecule has 0 heterocycles. The zero-order valence-electron chi connectivity index (χ0n) is 10.4. The third-order valence-corrected chi connectivity index (χ3v) is 3.73. The van der Waals surface area contributed by atoms with Crippen molar-refractivity contribution in [3.05, 3.63) is 34.3 Å². The van der Waals surface area contributed by atoms with E-state index in [2.05, 4.69) is 5.32 Å². The zero-order chi connectivity index (χ0) is 13.1. The summed E-state index contributed by atoms with van der Waals surface area (Å²) in [5.41, 5.74) is 1.55. The largest absolute Gasteiger partial charge is 0.393 e. The van der Waals surface area contributed by atoms with Crippen LogP contribution in [0.1, 0.15) is 35.2 Å². The molecule has 18 heavy (non-hydrogen) atoms. The maximum Gasteiger partial charge on any atom is 0.251 e. The van der Waals surface area contributed by atoms with E-state index in [9.17, 15) is 9.90 Å². The molecule has 2 atom stereocenters. The molecule has 2 unspecified atom stereocenters. The Morgan fingerprint density at radius 3 is 2.89 bits per heavy atom. The molecule has 2 N–H and O–H groups in total. The van der Waals surface area contributed by atoms with Crippen molar-refractivity contribution >= 4 is 17.5 Å². The number of carbonyl (C=O) groups is 1. The average molecular weight is 268 g/mol. The first-order valence-corrected chi connectivity index (χ1v) is 6.66. The number of halogens is 1. The summed E-state index contributed by atoms with van der Waals surface area (Å²) < 4.78 is 0. The van der Waals surface area contributed by atoms with Gasteiger partial charge in [0.05, 0.1) is 6.10 Å². The lowest BCUT2D eigenvalue weighted by molar-refractivity contribution is 0.0944. The van der Waals surface area contributed by atoms with E-state index in [1.807, 2.05) is 6.92 Å². The second-order valence-corrected chi connectivity index (χ2v) is 5.44. The molecule has 98 valence electrons. The van der Waals surface area contributed by atoms with Crippen LogP contribution in [0.3, 0.4) is 0 Å². The summed E-state index contributed by atoms with van der Waals surface area (Å²) in [6.45, 7) is 2.51. The van der Waals surface area contributed by atoms with Gasteiger partial charge in [-0.2, -0.15) is 0 Å². The molecule has 0 radical (unpaired) electrons. The van der Waals surface area contributed by atoms with Gasteiger partial charge in [-0.3, -0.25) is 4.79 Å². The van der Waals surface area contributed by atoms with Crippen molar-refractivity contribution in [1.29, 1.82) is 0 Å². The molecule has 1 amide bonds. The Hall–Kier alpha value is -1.06. The lowest BCUT2D eigenvalue weighted by atomic mass is 10.1. The summed E-state index contributed by atoms with van der Waals surface area (Å²) in [4.78, 5) is 12.0. The van der Waals surface area contributed by atoms with E-state index in [0.717, 1.165) is 24.8 Å². The van der Waals surface area contributed by atoms with E-state index < -0.39 is 0 Å². The highest BCUT2D eigenvalue weighted by Crippen LogP contribution is 2.24. The zero-order valence-corrected chi connectivity index (χ0v) is 11.2. The smallest absolute Gasteiger partial charge is 0.251 e. The van der Waals surface area contributed by atoms with Gasteiger partial charge in [0.15, 0.2) is 0 Å². The quantitative estimate of drug-likeness (QED) is 0.884. The summed E-state index contributed by atoms with van der Waals surface area (Å²) in [5.74, 6) is 0.335. The Morgan fingerprint density at radius 1 is 1.50 bits per heavy atom. The van der Waals surface area contributed by atoms with Gasteiger partial charge < -0.3 is 10.4 Å². The van der Waals surface area contributed by atoms with Gasteiger partial charge in [0.25, 0.3) is 5.91 Å². The molecule has 1 aliphatic rings. The van der Waals surface area contributed by atoms with Gasteiger partial charge in [-0.1, -0.05) is 11.6 Å². The Kier molecular flexibility index (Phi) is 4.25. The highest BCUT2D eigenvalue weighted by atomic mass is 35.5. The van der Waals surface area contributed by atoms with Gasteiger partial charge >= 0.3 is 0 Å². The number of amides is 1. The third-order valence-electron chi connectivity index (χ3n) is 3.50. The molecule has 2 rings (SSSR count). The highest BCUT2D eigenvalue weighted by Gasteiger charge is 2.23. The highest BCUT2D eigenvalue weighted by molar-refractivity contribution is 6.30. The first-order valence-electron chi connectivity index (χ1n) is 6.28. The van der Waals surface area contributed by atoms with Crippen molar-refractivity contribution in [2.75, 3.05) is 6.54 Å². The second kappa shape index (κ2) is 5.72. The van der Waals surface area contributed by atoms with Crippen molar-refractivity contribution in [2.24, 2.45) is 5.92 Å². The lowest BCUT2D eigenvalue weighted by Crippen LogP contribution is -2.29. The summed E-state index contributed by atoms with van der Waals surface area (Å²) in [6, 6.07) is 5.26. The normalized spacial score (nSPS) is 23.1. The third kappa shape index (κ3) is 3.24. The van der Waals surface area contributed by atoms with Crippen LogP contribution in [0.25, 0.3) is 0 Å². The monoisotopic (exact) mass is 267 g/mol. The SMILES string of the molecule is Cc1cc(Cl)ccc1C(=O)NCC1CCC(O)C1. The molecule has 1 aromatic carbocycles. The van der Waals surface area contributed by atoms with Gasteiger partial charge in [0, 0.05) is 17.1 Å². The predicted octanol–water partition coefficient (Wildman–Crippen LogP) is 2.54. The number of carbonyl (C=O) groups excluding carboxylic acids is 1. The number of rotatable bonds is 3. The number of nitrogens with one attached hydrogen (secondary N) is 1. The number of aliphatic hydroxyl groups is 1. The Bertz CT molecular complexity index is 447. The topological polar surface area (TPSA) is 49.3 Å². The number of hydrogen-bond acceptors (Lipinski definition) is 2. The van der Waals surface area contributed by atoms with Gasteiger partial charge in [-0.05, 0) is 55.9 Å². The number of hydrogen-bond donors (Lipinski definition) is 2. The van der Waals surface area contributed by atoms with Gasteiger partial charge in [0.2, 0.25) is 0 Å². The van der Waals surface area contributed by atoms with Crippen LogP contribution in [-0.4, -0.2) is 23.7 Å². The van der Waals surface area contributed by atoms with Crippen molar-refractivity contribution in [3.8, 4) is 0 Å². The van der Waals surface area contributed by atoms with E-state index in [-0.39, 0.29) is 12.0 Å². The first-order chi connectivity index (χ1) is 8.56. The fraction of sp³-hybridized carbons (Fsp3) is 0.500. The van der Waals surface area contributed by atoms with E-state index in [0.29, 0.717) is 23.0 Å². The second-order valence-electron chi connectivity index (χ2n) is 5.00. The van der Waals surface area contributed by atoms with Crippen LogP contribution >= 0.6 is 11.6 Å². The van der Waals surface area contributed by atoms with Crippen molar-refractivity contribution in [2.45, 2.75) is 32.3 Å². The molecule has 4 heteroatoms. The molecule has 1 fully saturated rings. The number of aliphatic hydroxyl groups excluding tert-OH is 1. The van der Waals surface area contributed by atoms with E-state index in [1.54, 1.807) is 18.2 Å². The summed E-state index contributed by atoms with van der Waals surface area (Å²) in [5, 5.41) is 13.0. The Balaban J connectivity index is 1.91. The van der Waals surface area contributed by atoms with E-state index in [4.69, 9.17) is 11.6 Å². The molecule has 1 aromatic rings. The molecule has 0 bridgehead atoms. The van der Waals surface area contributed by atoms with Gasteiger partial charge in [-0.25, -0.2) is 0 Å². The maximum atomic E-state index is 12.0. The first kappa shape index (κ1) is 13.4. The van der Waals surface area contributed by atoms with Gasteiger partial charge in [0.1, 0.15) is 0 Å². The average Bonchev–Trinajstić information content (AvgIpc) is 2.72. The number of aryl methyl sites for hydroxylation is 1. The van der Waals surface area contributed by atoms with Crippen LogP contribution in [0.2, 0.25) is 5.02 Å². The molecular weight excluding hydrogens is 250 g/mol. The summed E-state index contributed by atoms with van der Waals surface area (Å²) in [6.07, 6.45) is 2.44. The summed E-state index contributed by atoms with van der Waals surface area (Å²) >= 11 is 5.86. The summed E-state index contributed by atoms with van der Waals surface area (Å²) in [7, 11) is 0. The molecular formula is C14H18ClNO2. The minimum absolute atomic E-state index is 0.0643. The fourth-order valence-electron chi connectivity index (χ4n) is 2.45. The van der Waals surface area contributed by atoms with Crippen molar-refractivity contribution < 1.29 is 9.90 Å². The molecule has 0 spiro atoms. The van der Waals surface area contributed by atoms with Gasteiger partial charge in [-0.15, -0.1) is 0 Å². The van der Waals surface area contributed by atoms with Crippen LogP contribution in [0.4, 0.5) is 0 Å². The lowest BCUT2D eigenvalue weighted by Gasteiger charge is -2.12. The Morgan fingerprint density at radius 2 is 2.28 bits per heavy atom. The predicted molar refractivity (Wildman–Crippen MR) is 71.9 cm³/mol. The maximum absolute atomic E-state index is 12.0. The number of benzene rings is 1. The fourth-order valence-corrected chi connectivity index (χ4v) is 2.67. The van der Waals surface area contributed by atoms with Crippen LogP contribution in [0.15, 0.2) is 18.2 Å².